The molecule has 1 atom stereocenters. The fourth-order valence-electron chi connectivity index (χ4n) is 5.39. The predicted octanol–water partition coefficient (Wildman–Crippen LogP) is 4.82. The number of nitrogens with one attached hydrogen (secondary N) is 1. The van der Waals surface area contributed by atoms with Gasteiger partial charge in [-0.25, -0.2) is 8.78 Å². The number of carbonyl (C=O) groups is 2. The van der Waals surface area contributed by atoms with Crippen molar-refractivity contribution < 1.29 is 23.3 Å². The molecule has 0 aromatic heterocycles. The van der Waals surface area contributed by atoms with Gasteiger partial charge in [0.05, 0.1) is 17.4 Å². The van der Waals surface area contributed by atoms with Crippen molar-refractivity contribution >= 4 is 17.5 Å². The molecule has 2 aliphatic rings. The molecule has 1 aliphatic carbocycles. The number of nitro groups is 1. The molecule has 1 heterocycles. The number of piperidine rings is 1. The number of non-ortho nitro benzene ring substituents is 1. The maximum atomic E-state index is 13.8. The Morgan fingerprint density at radius 1 is 0.974 bits per heavy atom. The fraction of sp³-hybridized carbons (Fsp3) is 0.310. The highest BCUT2D eigenvalue weighted by molar-refractivity contribution is 5.95. The lowest BCUT2D eigenvalue weighted by atomic mass is 9.92. The van der Waals surface area contributed by atoms with Crippen LogP contribution in [-0.2, 0) is 17.6 Å². The topological polar surface area (TPSA) is 92.6 Å². The molecule has 1 spiro atoms. The van der Waals surface area contributed by atoms with Crippen LogP contribution in [0.5, 0.6) is 0 Å². The molecular weight excluding hydrogens is 492 g/mol. The number of carbonyl (C=O) groups excluding carboxylic acids is 2. The van der Waals surface area contributed by atoms with Gasteiger partial charge in [-0.15, -0.1) is 0 Å². The standard InChI is InChI=1S/C29H27F2N3O4/c30-23-7-5-19(6-8-23)13-20-3-1-2-4-21(20)16-27(35)32-26-18-29(26)9-11-33(12-10-29)28(36)22-14-24(31)17-25(15-22)34(37)38/h1-8,14-15,17,26H,9-13,16,18H2,(H,32,35). The number of hydrogen-bond acceptors (Lipinski definition) is 4. The Morgan fingerprint density at radius 2 is 1.66 bits per heavy atom. The summed E-state index contributed by atoms with van der Waals surface area (Å²) in [5, 5.41) is 14.2. The normalized spacial score (nSPS) is 17.7. The zero-order valence-electron chi connectivity index (χ0n) is 20.7. The molecule has 7 nitrogen and oxygen atoms in total. The van der Waals surface area contributed by atoms with Gasteiger partial charge in [0.15, 0.2) is 0 Å². The first kappa shape index (κ1) is 25.5. The summed E-state index contributed by atoms with van der Waals surface area (Å²) in [5.41, 5.74) is 2.36. The highest BCUT2D eigenvalue weighted by Crippen LogP contribution is 2.54. The van der Waals surface area contributed by atoms with E-state index < -0.39 is 22.3 Å². The van der Waals surface area contributed by atoms with Gasteiger partial charge in [-0.2, -0.15) is 0 Å². The zero-order valence-corrected chi connectivity index (χ0v) is 20.7. The molecule has 1 saturated heterocycles. The third-order valence-electron chi connectivity index (χ3n) is 7.69. The third kappa shape index (κ3) is 5.56. The summed E-state index contributed by atoms with van der Waals surface area (Å²) >= 11 is 0. The number of hydrogen-bond donors (Lipinski definition) is 1. The minimum Gasteiger partial charge on any atom is -0.352 e. The van der Waals surface area contributed by atoms with Crippen molar-refractivity contribution in [3.8, 4) is 0 Å². The highest BCUT2D eigenvalue weighted by atomic mass is 19.1. The van der Waals surface area contributed by atoms with Gasteiger partial charge in [0.1, 0.15) is 11.6 Å². The maximum Gasteiger partial charge on any atom is 0.273 e. The lowest BCUT2D eigenvalue weighted by molar-refractivity contribution is -0.385. The predicted molar refractivity (Wildman–Crippen MR) is 137 cm³/mol. The molecule has 2 amide bonds. The van der Waals surface area contributed by atoms with Crippen molar-refractivity contribution in [1.29, 1.82) is 0 Å². The van der Waals surface area contributed by atoms with Gasteiger partial charge in [0.25, 0.3) is 11.6 Å². The van der Waals surface area contributed by atoms with Crippen LogP contribution in [0.1, 0.15) is 46.3 Å². The smallest absolute Gasteiger partial charge is 0.273 e. The van der Waals surface area contributed by atoms with Gasteiger partial charge in [0, 0.05) is 30.8 Å². The Labute approximate surface area is 218 Å². The number of likely N-dealkylation sites (tertiary alicyclic amines) is 1. The Kier molecular flexibility index (Phi) is 6.93. The highest BCUT2D eigenvalue weighted by Gasteiger charge is 2.55. The van der Waals surface area contributed by atoms with Crippen LogP contribution in [0, 0.1) is 27.2 Å². The molecule has 9 heteroatoms. The molecule has 1 aliphatic heterocycles. The van der Waals surface area contributed by atoms with Crippen LogP contribution >= 0.6 is 0 Å². The lowest BCUT2D eigenvalue weighted by Gasteiger charge is -2.33. The molecule has 1 unspecified atom stereocenters. The van der Waals surface area contributed by atoms with Gasteiger partial charge < -0.3 is 10.2 Å². The summed E-state index contributed by atoms with van der Waals surface area (Å²) in [4.78, 5) is 37.6. The minimum atomic E-state index is -0.819. The number of nitrogens with zero attached hydrogens (tertiary/aromatic N) is 2. The second-order valence-corrected chi connectivity index (χ2v) is 10.2. The molecule has 1 saturated carbocycles. The van der Waals surface area contributed by atoms with E-state index in [4.69, 9.17) is 0 Å². The summed E-state index contributed by atoms with van der Waals surface area (Å²) < 4.78 is 27.0. The number of nitro benzene ring substituents is 1. The van der Waals surface area contributed by atoms with Gasteiger partial charge in [-0.1, -0.05) is 36.4 Å². The van der Waals surface area contributed by atoms with E-state index in [2.05, 4.69) is 5.32 Å². The SMILES string of the molecule is O=C(Cc1ccccc1Cc1ccc(F)cc1)NC1CC12CCN(C(=O)c1cc(F)cc([N+](=O)[O-])c1)CC2. The molecule has 0 bridgehead atoms. The van der Waals surface area contributed by atoms with Crippen molar-refractivity contribution in [1.82, 2.24) is 10.2 Å². The van der Waals surface area contributed by atoms with E-state index in [1.165, 1.54) is 12.1 Å². The van der Waals surface area contributed by atoms with Crippen molar-refractivity contribution in [3.05, 3.63) is 111 Å². The molecule has 5 rings (SSSR count). The van der Waals surface area contributed by atoms with Crippen LogP contribution in [0.25, 0.3) is 0 Å². The van der Waals surface area contributed by atoms with E-state index in [0.717, 1.165) is 41.3 Å². The van der Waals surface area contributed by atoms with E-state index in [-0.39, 0.29) is 35.2 Å². The largest absolute Gasteiger partial charge is 0.352 e. The molecule has 2 fully saturated rings. The quantitative estimate of drug-likeness (QED) is 0.358. The maximum absolute atomic E-state index is 13.8. The summed E-state index contributed by atoms with van der Waals surface area (Å²) in [7, 11) is 0. The van der Waals surface area contributed by atoms with E-state index in [0.29, 0.717) is 32.4 Å². The lowest BCUT2D eigenvalue weighted by Crippen LogP contribution is -2.42. The number of benzene rings is 3. The summed E-state index contributed by atoms with van der Waals surface area (Å²) in [6.07, 6.45) is 3.08. The molecule has 1 N–H and O–H groups in total. The molecule has 3 aromatic rings. The van der Waals surface area contributed by atoms with Crippen molar-refractivity contribution in [2.24, 2.45) is 5.41 Å². The minimum absolute atomic E-state index is 0.0340. The van der Waals surface area contributed by atoms with E-state index in [9.17, 15) is 28.5 Å². The summed E-state index contributed by atoms with van der Waals surface area (Å²) in [6.45, 7) is 0.881. The van der Waals surface area contributed by atoms with Gasteiger partial charge >= 0.3 is 0 Å². The summed E-state index contributed by atoms with van der Waals surface area (Å²) in [6, 6.07) is 17.0. The van der Waals surface area contributed by atoms with E-state index in [1.807, 2.05) is 24.3 Å². The average molecular weight is 520 g/mol. The van der Waals surface area contributed by atoms with E-state index >= 15 is 0 Å². The first-order valence-electron chi connectivity index (χ1n) is 12.6. The van der Waals surface area contributed by atoms with Crippen LogP contribution < -0.4 is 5.32 Å². The van der Waals surface area contributed by atoms with Crippen molar-refractivity contribution in [2.45, 2.75) is 38.1 Å². The summed E-state index contributed by atoms with van der Waals surface area (Å²) in [5.74, 6) is -1.60. The number of halogens is 2. The second-order valence-electron chi connectivity index (χ2n) is 10.2. The Hall–Kier alpha value is -4.14. The Bertz CT molecular complexity index is 1380. The average Bonchev–Trinajstić information content (AvgIpc) is 3.56. The zero-order chi connectivity index (χ0) is 26.9. The first-order chi connectivity index (χ1) is 18.2. The molecule has 3 aromatic carbocycles. The van der Waals surface area contributed by atoms with Gasteiger partial charge in [0.2, 0.25) is 5.91 Å². The Morgan fingerprint density at radius 3 is 2.34 bits per heavy atom. The molecular formula is C29H27F2N3O4. The monoisotopic (exact) mass is 519 g/mol. The van der Waals surface area contributed by atoms with Crippen LogP contribution in [0.4, 0.5) is 14.5 Å². The van der Waals surface area contributed by atoms with Crippen LogP contribution in [0.15, 0.2) is 66.7 Å². The van der Waals surface area contributed by atoms with Crippen LogP contribution in [0.2, 0.25) is 0 Å². The van der Waals surface area contributed by atoms with Gasteiger partial charge in [-0.05, 0) is 66.0 Å². The van der Waals surface area contributed by atoms with E-state index in [1.54, 1.807) is 17.0 Å². The van der Waals surface area contributed by atoms with Gasteiger partial charge in [-0.3, -0.25) is 19.7 Å². The molecule has 38 heavy (non-hydrogen) atoms. The van der Waals surface area contributed by atoms with Crippen molar-refractivity contribution in [3.63, 3.8) is 0 Å². The first-order valence-corrected chi connectivity index (χ1v) is 12.6. The van der Waals surface area contributed by atoms with Crippen LogP contribution in [0.3, 0.4) is 0 Å². The Balaban J connectivity index is 1.15. The molecule has 0 radical (unpaired) electrons. The fourth-order valence-corrected chi connectivity index (χ4v) is 5.39. The number of amides is 2. The molecule has 196 valence electrons. The number of rotatable bonds is 7. The van der Waals surface area contributed by atoms with Crippen molar-refractivity contribution in [2.75, 3.05) is 13.1 Å². The third-order valence-corrected chi connectivity index (χ3v) is 7.69. The second kappa shape index (κ2) is 10.3. The van der Waals surface area contributed by atoms with Crippen LogP contribution in [-0.4, -0.2) is 40.8 Å².